The van der Waals surface area contributed by atoms with E-state index in [2.05, 4.69) is 13.0 Å². The quantitative estimate of drug-likeness (QED) is 0.603. The van der Waals surface area contributed by atoms with Crippen LogP contribution in [0, 0.1) is 0 Å². The van der Waals surface area contributed by atoms with E-state index in [0.717, 1.165) is 19.4 Å². The standard InChI is InChI=1S/C9H16O3P/c1-13(2)9-11-6-8-7(12-9)4-3-5-10-8/h7-9H,1,3-6H2,2H3/q+1. The molecule has 3 nitrogen and oxygen atoms in total. The highest BCUT2D eigenvalue weighted by molar-refractivity contribution is 7.55. The first kappa shape index (κ1) is 9.60. The lowest BCUT2D eigenvalue weighted by Crippen LogP contribution is -2.46. The van der Waals surface area contributed by atoms with Crippen molar-refractivity contribution >= 4 is 13.8 Å². The lowest BCUT2D eigenvalue weighted by molar-refractivity contribution is -0.241. The summed E-state index contributed by atoms with van der Waals surface area (Å²) >= 11 is 0. The molecule has 13 heavy (non-hydrogen) atoms. The number of rotatable bonds is 1. The van der Waals surface area contributed by atoms with Crippen molar-refractivity contribution in [2.75, 3.05) is 19.9 Å². The summed E-state index contributed by atoms with van der Waals surface area (Å²) in [6.07, 6.45) is 6.60. The van der Waals surface area contributed by atoms with Gasteiger partial charge in [0.1, 0.15) is 20.3 Å². The van der Waals surface area contributed by atoms with E-state index in [0.29, 0.717) is 6.61 Å². The molecular weight excluding hydrogens is 187 g/mol. The first-order chi connectivity index (χ1) is 6.27. The molecule has 0 aromatic heterocycles. The number of fused-ring (bicyclic) bond motifs is 1. The van der Waals surface area contributed by atoms with Gasteiger partial charge in [0.2, 0.25) is 0 Å². The average Bonchev–Trinajstić information content (AvgIpc) is 2.17. The normalized spacial score (nSPS) is 41.0. The van der Waals surface area contributed by atoms with Gasteiger partial charge in [0.15, 0.2) is 0 Å². The van der Waals surface area contributed by atoms with Gasteiger partial charge in [-0.15, -0.1) is 0 Å². The van der Waals surface area contributed by atoms with Gasteiger partial charge in [0.05, 0.1) is 19.0 Å². The predicted octanol–water partition coefficient (Wildman–Crippen LogP) is 1.41. The summed E-state index contributed by atoms with van der Waals surface area (Å²) in [5, 5.41) is 0. The Kier molecular flexibility index (Phi) is 2.99. The molecule has 4 heteroatoms. The van der Waals surface area contributed by atoms with Crippen LogP contribution in [0.2, 0.25) is 0 Å². The number of hydrogen-bond donors (Lipinski definition) is 0. The van der Waals surface area contributed by atoms with Crippen molar-refractivity contribution < 1.29 is 14.2 Å². The van der Waals surface area contributed by atoms with Crippen LogP contribution < -0.4 is 0 Å². The van der Waals surface area contributed by atoms with E-state index < -0.39 is 7.55 Å². The molecule has 0 radical (unpaired) electrons. The van der Waals surface area contributed by atoms with E-state index in [4.69, 9.17) is 14.2 Å². The second-order valence-corrected chi connectivity index (χ2v) is 5.56. The van der Waals surface area contributed by atoms with Crippen LogP contribution in [0.25, 0.3) is 0 Å². The molecular formula is C9H16O3P+. The van der Waals surface area contributed by atoms with Gasteiger partial charge in [-0.05, 0) is 12.8 Å². The van der Waals surface area contributed by atoms with Crippen molar-refractivity contribution in [3.05, 3.63) is 0 Å². The summed E-state index contributed by atoms with van der Waals surface area (Å²) in [5.74, 6) is 0. The third-order valence-corrected chi connectivity index (χ3v) is 3.42. The molecule has 2 aliphatic heterocycles. The molecule has 74 valence electrons. The molecule has 2 saturated heterocycles. The molecule has 2 fully saturated rings. The number of ether oxygens (including phenoxy) is 3. The Balaban J connectivity index is 1.95. The second kappa shape index (κ2) is 4.05. The fraction of sp³-hybridized carbons (Fsp3) is 0.889. The Morgan fingerprint density at radius 2 is 2.15 bits per heavy atom. The van der Waals surface area contributed by atoms with E-state index in [1.807, 2.05) is 0 Å². The molecule has 4 unspecified atom stereocenters. The summed E-state index contributed by atoms with van der Waals surface area (Å²) in [4.78, 5) is 0. The molecule has 0 aliphatic carbocycles. The maximum absolute atomic E-state index is 5.77. The monoisotopic (exact) mass is 203 g/mol. The maximum atomic E-state index is 5.77. The van der Waals surface area contributed by atoms with Gasteiger partial charge in [0.25, 0.3) is 0 Å². The minimum atomic E-state index is -0.401. The first-order valence-electron chi connectivity index (χ1n) is 4.69. The molecule has 0 N–H and O–H groups in total. The van der Waals surface area contributed by atoms with Crippen LogP contribution in [0.4, 0.5) is 0 Å². The van der Waals surface area contributed by atoms with Crippen molar-refractivity contribution in [2.24, 2.45) is 0 Å². The largest absolute Gasteiger partial charge is 0.373 e. The molecule has 0 saturated carbocycles. The lowest BCUT2D eigenvalue weighted by atomic mass is 10.1. The topological polar surface area (TPSA) is 27.7 Å². The van der Waals surface area contributed by atoms with Gasteiger partial charge in [-0.2, -0.15) is 0 Å². The third kappa shape index (κ3) is 2.10. The van der Waals surface area contributed by atoms with Crippen molar-refractivity contribution in [3.8, 4) is 0 Å². The van der Waals surface area contributed by atoms with E-state index in [1.54, 1.807) is 0 Å². The molecule has 4 atom stereocenters. The maximum Gasteiger partial charge on any atom is 0.324 e. The highest BCUT2D eigenvalue weighted by Gasteiger charge is 2.38. The summed E-state index contributed by atoms with van der Waals surface area (Å²) in [6, 6.07) is -0.0713. The Morgan fingerprint density at radius 3 is 2.92 bits per heavy atom. The molecule has 2 aliphatic rings. The summed E-state index contributed by atoms with van der Waals surface area (Å²) < 4.78 is 16.8. The Hall–Kier alpha value is 0.0500. The van der Waals surface area contributed by atoms with Gasteiger partial charge in [-0.25, -0.2) is 0 Å². The van der Waals surface area contributed by atoms with Crippen LogP contribution in [-0.2, 0) is 14.2 Å². The van der Waals surface area contributed by atoms with Crippen molar-refractivity contribution in [2.45, 2.75) is 31.1 Å². The second-order valence-electron chi connectivity index (χ2n) is 3.62. The Bertz CT molecular complexity index is 207. The van der Waals surface area contributed by atoms with E-state index in [-0.39, 0.29) is 18.2 Å². The zero-order valence-corrected chi connectivity index (χ0v) is 8.83. The molecule has 0 spiro atoms. The molecule has 2 rings (SSSR count). The van der Waals surface area contributed by atoms with Gasteiger partial charge in [0, 0.05) is 6.61 Å². The van der Waals surface area contributed by atoms with Gasteiger partial charge < -0.3 is 14.2 Å². The van der Waals surface area contributed by atoms with Crippen molar-refractivity contribution in [3.63, 3.8) is 0 Å². The van der Waals surface area contributed by atoms with Crippen molar-refractivity contribution in [1.29, 1.82) is 0 Å². The lowest BCUT2D eigenvalue weighted by Gasteiger charge is -2.36. The molecule has 0 amide bonds. The zero-order chi connectivity index (χ0) is 9.26. The summed E-state index contributed by atoms with van der Waals surface area (Å²) in [7, 11) is -0.401. The molecule has 0 bridgehead atoms. The minimum absolute atomic E-state index is 0.0713. The van der Waals surface area contributed by atoms with Crippen LogP contribution in [-0.4, -0.2) is 44.4 Å². The highest BCUT2D eigenvalue weighted by atomic mass is 31.1. The average molecular weight is 203 g/mol. The zero-order valence-electron chi connectivity index (χ0n) is 7.94. The molecule has 0 aromatic carbocycles. The summed E-state index contributed by atoms with van der Waals surface area (Å²) in [6.45, 7) is 3.60. The summed E-state index contributed by atoms with van der Waals surface area (Å²) in [5.41, 5.74) is 0. The fourth-order valence-electron chi connectivity index (χ4n) is 1.72. The number of hydrogen-bond acceptors (Lipinski definition) is 3. The van der Waals surface area contributed by atoms with Crippen LogP contribution in [0.15, 0.2) is 0 Å². The first-order valence-corrected chi connectivity index (χ1v) is 6.73. The molecule has 0 aromatic rings. The van der Waals surface area contributed by atoms with E-state index >= 15 is 0 Å². The van der Waals surface area contributed by atoms with Crippen LogP contribution >= 0.6 is 7.55 Å². The van der Waals surface area contributed by atoms with Gasteiger partial charge in [-0.1, -0.05) is 0 Å². The third-order valence-electron chi connectivity index (χ3n) is 2.43. The Labute approximate surface area is 79.7 Å². The fourth-order valence-corrected chi connectivity index (χ4v) is 2.43. The predicted molar refractivity (Wildman–Crippen MR) is 53.6 cm³/mol. The Morgan fingerprint density at radius 1 is 1.31 bits per heavy atom. The molecule has 2 heterocycles. The van der Waals surface area contributed by atoms with E-state index in [1.165, 1.54) is 0 Å². The van der Waals surface area contributed by atoms with E-state index in [9.17, 15) is 0 Å². The van der Waals surface area contributed by atoms with Crippen LogP contribution in [0.5, 0.6) is 0 Å². The van der Waals surface area contributed by atoms with Gasteiger partial charge in [-0.3, -0.25) is 0 Å². The van der Waals surface area contributed by atoms with Crippen LogP contribution in [0.3, 0.4) is 0 Å². The van der Waals surface area contributed by atoms with Crippen molar-refractivity contribution in [1.82, 2.24) is 0 Å². The highest BCUT2D eigenvalue weighted by Crippen LogP contribution is 2.33. The van der Waals surface area contributed by atoms with Gasteiger partial charge >= 0.3 is 6.03 Å². The smallest absolute Gasteiger partial charge is 0.324 e. The van der Waals surface area contributed by atoms with Crippen LogP contribution in [0.1, 0.15) is 12.8 Å². The minimum Gasteiger partial charge on any atom is -0.373 e. The SMILES string of the molecule is C=[P+](C)C1OCC2OCCCC2O1.